The van der Waals surface area contributed by atoms with Crippen molar-refractivity contribution in [3.8, 4) is 5.82 Å². The maximum atomic E-state index is 4.59. The van der Waals surface area contributed by atoms with Gasteiger partial charge in [-0.1, -0.05) is 19.9 Å². The Balaban J connectivity index is 2.41. The van der Waals surface area contributed by atoms with E-state index in [1.807, 2.05) is 23.9 Å². The average Bonchev–Trinajstić information content (AvgIpc) is 2.64. The second kappa shape index (κ2) is 5.53. The van der Waals surface area contributed by atoms with Gasteiger partial charge in [-0.15, -0.1) is 0 Å². The summed E-state index contributed by atoms with van der Waals surface area (Å²) in [6.07, 6.45) is 1.82. The Labute approximate surface area is 114 Å². The van der Waals surface area contributed by atoms with Crippen LogP contribution in [0.25, 0.3) is 5.82 Å². The van der Waals surface area contributed by atoms with E-state index in [2.05, 4.69) is 49.2 Å². The first-order valence-electron chi connectivity index (χ1n) is 6.71. The zero-order valence-corrected chi connectivity index (χ0v) is 12.4. The van der Waals surface area contributed by atoms with Gasteiger partial charge in [0.05, 0.1) is 5.69 Å². The van der Waals surface area contributed by atoms with Gasteiger partial charge in [0.1, 0.15) is 0 Å². The molecule has 2 rings (SSSR count). The zero-order chi connectivity index (χ0) is 14.0. The lowest BCUT2D eigenvalue weighted by atomic mass is 10.2. The molecule has 0 bridgehead atoms. The van der Waals surface area contributed by atoms with Crippen LogP contribution in [0.3, 0.4) is 0 Å². The molecule has 0 aliphatic carbocycles. The molecule has 2 aromatic heterocycles. The topological polar surface area (TPSA) is 42.7 Å². The van der Waals surface area contributed by atoms with Crippen molar-refractivity contribution in [1.82, 2.24) is 20.1 Å². The maximum Gasteiger partial charge on any atom is 0.158 e. The van der Waals surface area contributed by atoms with Gasteiger partial charge in [-0.25, -0.2) is 9.67 Å². The van der Waals surface area contributed by atoms with Gasteiger partial charge in [0.15, 0.2) is 5.82 Å². The van der Waals surface area contributed by atoms with Gasteiger partial charge in [0.2, 0.25) is 0 Å². The molecule has 0 unspecified atom stereocenters. The van der Waals surface area contributed by atoms with Crippen molar-refractivity contribution >= 4 is 0 Å². The summed E-state index contributed by atoms with van der Waals surface area (Å²) in [5.41, 5.74) is 4.61. The van der Waals surface area contributed by atoms with Gasteiger partial charge in [-0.05, 0) is 32.4 Å². The highest BCUT2D eigenvalue weighted by Crippen LogP contribution is 2.18. The second-order valence-electron chi connectivity index (χ2n) is 5.23. The summed E-state index contributed by atoms with van der Waals surface area (Å²) < 4.78 is 1.95. The summed E-state index contributed by atoms with van der Waals surface area (Å²) in [5.74, 6) is 0.921. The Morgan fingerprint density at radius 2 is 2.00 bits per heavy atom. The second-order valence-corrected chi connectivity index (χ2v) is 5.23. The first-order chi connectivity index (χ1) is 9.00. The van der Waals surface area contributed by atoms with Crippen molar-refractivity contribution < 1.29 is 0 Å². The van der Waals surface area contributed by atoms with Crippen molar-refractivity contribution in [3.05, 3.63) is 40.8 Å². The molecule has 0 radical (unpaired) electrons. The van der Waals surface area contributed by atoms with E-state index in [0.29, 0.717) is 6.04 Å². The van der Waals surface area contributed by atoms with Crippen LogP contribution in [0, 0.1) is 20.8 Å². The van der Waals surface area contributed by atoms with Gasteiger partial charge in [-0.3, -0.25) is 0 Å². The van der Waals surface area contributed by atoms with Crippen LogP contribution in [-0.4, -0.2) is 20.8 Å². The van der Waals surface area contributed by atoms with Crippen LogP contribution in [-0.2, 0) is 6.54 Å². The van der Waals surface area contributed by atoms with E-state index >= 15 is 0 Å². The molecule has 2 aromatic rings. The smallest absolute Gasteiger partial charge is 0.158 e. The molecule has 0 amide bonds. The Morgan fingerprint density at radius 1 is 1.26 bits per heavy atom. The van der Waals surface area contributed by atoms with Crippen molar-refractivity contribution in [2.75, 3.05) is 0 Å². The predicted octanol–water partition coefficient (Wildman–Crippen LogP) is 2.69. The van der Waals surface area contributed by atoms with Crippen LogP contribution in [0.4, 0.5) is 0 Å². The molecule has 4 nitrogen and oxygen atoms in total. The Hall–Kier alpha value is -1.68. The van der Waals surface area contributed by atoms with Crippen LogP contribution in [0.2, 0.25) is 0 Å². The minimum absolute atomic E-state index is 0.454. The highest BCUT2D eigenvalue weighted by molar-refractivity contribution is 5.37. The first kappa shape index (κ1) is 13.7. The third-order valence-corrected chi connectivity index (χ3v) is 3.42. The SMILES string of the molecule is Cc1nn(-c2ncccc2CNC(C)C)c(C)c1C. The summed E-state index contributed by atoms with van der Waals surface area (Å²) >= 11 is 0. The van der Waals surface area contributed by atoms with Gasteiger partial charge in [0.25, 0.3) is 0 Å². The number of hydrogen-bond donors (Lipinski definition) is 1. The van der Waals surface area contributed by atoms with E-state index in [-0.39, 0.29) is 0 Å². The number of nitrogens with zero attached hydrogens (tertiary/aromatic N) is 3. The highest BCUT2D eigenvalue weighted by Gasteiger charge is 2.13. The lowest BCUT2D eigenvalue weighted by molar-refractivity contribution is 0.584. The largest absolute Gasteiger partial charge is 0.310 e. The van der Waals surface area contributed by atoms with Gasteiger partial charge in [0, 0.05) is 30.0 Å². The molecule has 0 aliphatic heterocycles. The normalized spacial score (nSPS) is 11.3. The van der Waals surface area contributed by atoms with E-state index in [0.717, 1.165) is 23.8 Å². The molecule has 0 saturated heterocycles. The summed E-state index contributed by atoms with van der Waals surface area (Å²) in [6.45, 7) is 11.3. The van der Waals surface area contributed by atoms with E-state index in [1.54, 1.807) is 0 Å². The van der Waals surface area contributed by atoms with E-state index in [1.165, 1.54) is 11.1 Å². The van der Waals surface area contributed by atoms with Crippen molar-refractivity contribution in [2.45, 2.75) is 47.2 Å². The predicted molar refractivity (Wildman–Crippen MR) is 77.5 cm³/mol. The molecular formula is C15H22N4. The summed E-state index contributed by atoms with van der Waals surface area (Å²) in [5, 5.41) is 8.03. The molecule has 0 aromatic carbocycles. The summed E-state index contributed by atoms with van der Waals surface area (Å²) in [6, 6.07) is 4.53. The first-order valence-corrected chi connectivity index (χ1v) is 6.71. The van der Waals surface area contributed by atoms with Crippen molar-refractivity contribution in [2.24, 2.45) is 0 Å². The number of rotatable bonds is 4. The molecule has 4 heteroatoms. The standard InChI is InChI=1S/C15H22N4/c1-10(2)17-9-14-7-6-8-16-15(14)19-13(5)11(3)12(4)18-19/h6-8,10,17H,9H2,1-5H3. The maximum absolute atomic E-state index is 4.59. The molecule has 19 heavy (non-hydrogen) atoms. The van der Waals surface area contributed by atoms with Crippen molar-refractivity contribution in [1.29, 1.82) is 0 Å². The van der Waals surface area contributed by atoms with Gasteiger partial charge < -0.3 is 5.32 Å². The number of nitrogens with one attached hydrogen (secondary N) is 1. The van der Waals surface area contributed by atoms with Crippen molar-refractivity contribution in [3.63, 3.8) is 0 Å². The molecular weight excluding hydrogens is 236 g/mol. The van der Waals surface area contributed by atoms with E-state index in [4.69, 9.17) is 0 Å². The average molecular weight is 258 g/mol. The molecule has 0 fully saturated rings. The van der Waals surface area contributed by atoms with E-state index in [9.17, 15) is 0 Å². The minimum Gasteiger partial charge on any atom is -0.310 e. The molecule has 0 spiro atoms. The quantitative estimate of drug-likeness (QED) is 0.917. The van der Waals surface area contributed by atoms with Crippen LogP contribution in [0.5, 0.6) is 0 Å². The number of pyridine rings is 1. The Bertz CT molecular complexity index is 570. The number of aromatic nitrogens is 3. The van der Waals surface area contributed by atoms with E-state index < -0.39 is 0 Å². The molecule has 2 heterocycles. The molecule has 102 valence electrons. The molecule has 1 N–H and O–H groups in total. The number of aryl methyl sites for hydroxylation is 1. The van der Waals surface area contributed by atoms with Gasteiger partial charge >= 0.3 is 0 Å². The molecule has 0 saturated carbocycles. The van der Waals surface area contributed by atoms with Crippen LogP contribution in [0.15, 0.2) is 18.3 Å². The van der Waals surface area contributed by atoms with Gasteiger partial charge in [-0.2, -0.15) is 5.10 Å². The summed E-state index contributed by atoms with van der Waals surface area (Å²) in [7, 11) is 0. The fourth-order valence-corrected chi connectivity index (χ4v) is 2.00. The fourth-order valence-electron chi connectivity index (χ4n) is 2.00. The van der Waals surface area contributed by atoms with Crippen LogP contribution in [0.1, 0.15) is 36.4 Å². The zero-order valence-electron chi connectivity index (χ0n) is 12.4. The Kier molecular flexibility index (Phi) is 4.00. The molecule has 0 aliphatic rings. The van der Waals surface area contributed by atoms with Crippen LogP contribution >= 0.6 is 0 Å². The monoisotopic (exact) mass is 258 g/mol. The highest BCUT2D eigenvalue weighted by atomic mass is 15.3. The molecule has 0 atom stereocenters. The summed E-state index contributed by atoms with van der Waals surface area (Å²) in [4.78, 5) is 4.50. The lowest BCUT2D eigenvalue weighted by Gasteiger charge is -2.12. The fraction of sp³-hybridized carbons (Fsp3) is 0.467. The lowest BCUT2D eigenvalue weighted by Crippen LogP contribution is -2.23. The Morgan fingerprint density at radius 3 is 2.58 bits per heavy atom. The number of hydrogen-bond acceptors (Lipinski definition) is 3. The van der Waals surface area contributed by atoms with Crippen LogP contribution < -0.4 is 5.32 Å². The third-order valence-electron chi connectivity index (χ3n) is 3.42. The minimum atomic E-state index is 0.454. The third kappa shape index (κ3) is 2.84.